The molecule has 0 fully saturated rings. The average molecular weight is 272 g/mol. The Labute approximate surface area is 107 Å². The second kappa shape index (κ2) is 8.36. The minimum absolute atomic E-state index is 0.144. The summed E-state index contributed by atoms with van der Waals surface area (Å²) in [6.45, 7) is 0.00825. The second-order valence-corrected chi connectivity index (χ2v) is 3.04. The fraction of sp³-hybridized carbons (Fsp3) is 0.222. The molecule has 104 valence electrons. The van der Waals surface area contributed by atoms with E-state index in [1.165, 1.54) is 18.5 Å². The quantitative estimate of drug-likeness (QED) is 0.384. The van der Waals surface area contributed by atoms with Gasteiger partial charge in [0.2, 0.25) is 5.91 Å². The Morgan fingerprint density at radius 3 is 2.42 bits per heavy atom. The number of pyridine rings is 1. The minimum atomic E-state index is -1.50. The zero-order valence-electron chi connectivity index (χ0n) is 9.65. The fourth-order valence-electron chi connectivity index (χ4n) is 0.970. The molecule has 10 nitrogen and oxygen atoms in total. The standard InChI is InChI=1S/C9H11N3O3.HNO3/c10-8(14)6-3-7(5-11-4-6)9(15)12-1-2-13;2-1(3)4/h3-5,13H,1-2H2,(H2,10,14)(H,12,15);(H,2,3,4). The summed E-state index contributed by atoms with van der Waals surface area (Å²) in [5, 5.41) is 24.6. The molecule has 19 heavy (non-hydrogen) atoms. The van der Waals surface area contributed by atoms with E-state index >= 15 is 0 Å². The number of hydrogen-bond acceptors (Lipinski definition) is 6. The maximum Gasteiger partial charge on any atom is 0.291 e. The van der Waals surface area contributed by atoms with E-state index in [-0.39, 0.29) is 24.3 Å². The van der Waals surface area contributed by atoms with Crippen molar-refractivity contribution in [2.24, 2.45) is 5.73 Å². The Bertz CT molecular complexity index is 460. The third-order valence-electron chi connectivity index (χ3n) is 1.68. The van der Waals surface area contributed by atoms with Crippen LogP contribution in [-0.4, -0.2) is 45.4 Å². The number of nitrogens with zero attached hydrogens (tertiary/aromatic N) is 2. The van der Waals surface area contributed by atoms with Crippen molar-refractivity contribution >= 4 is 11.8 Å². The van der Waals surface area contributed by atoms with E-state index in [0.29, 0.717) is 0 Å². The summed E-state index contributed by atoms with van der Waals surface area (Å²) in [5.41, 5.74) is 5.44. The molecule has 0 aliphatic rings. The number of carbonyl (C=O) groups is 2. The van der Waals surface area contributed by atoms with Gasteiger partial charge in [0.25, 0.3) is 11.0 Å². The number of aliphatic hydroxyl groups is 1. The lowest BCUT2D eigenvalue weighted by atomic mass is 10.2. The van der Waals surface area contributed by atoms with Crippen LogP contribution in [0.3, 0.4) is 0 Å². The minimum Gasteiger partial charge on any atom is -0.395 e. The summed E-state index contributed by atoms with van der Waals surface area (Å²) in [4.78, 5) is 34.2. The van der Waals surface area contributed by atoms with Gasteiger partial charge in [0.1, 0.15) is 0 Å². The van der Waals surface area contributed by atoms with Gasteiger partial charge in [0.15, 0.2) is 0 Å². The Balaban J connectivity index is 0.000000711. The molecule has 0 spiro atoms. The molecular weight excluding hydrogens is 260 g/mol. The smallest absolute Gasteiger partial charge is 0.291 e. The largest absolute Gasteiger partial charge is 0.395 e. The van der Waals surface area contributed by atoms with Crippen molar-refractivity contribution < 1.29 is 25.0 Å². The Morgan fingerprint density at radius 1 is 1.42 bits per heavy atom. The number of primary amides is 1. The SMILES string of the molecule is NC(=O)c1cncc(C(=O)NCCO)c1.O=[N+]([O-])O. The third-order valence-corrected chi connectivity index (χ3v) is 1.68. The van der Waals surface area contributed by atoms with Crippen molar-refractivity contribution in [1.82, 2.24) is 10.3 Å². The first-order valence-electron chi connectivity index (χ1n) is 4.85. The van der Waals surface area contributed by atoms with Crippen LogP contribution in [0.5, 0.6) is 0 Å². The van der Waals surface area contributed by atoms with E-state index in [0.717, 1.165) is 0 Å². The number of nitrogens with one attached hydrogen (secondary N) is 1. The number of rotatable bonds is 4. The van der Waals surface area contributed by atoms with Crippen LogP contribution in [0.4, 0.5) is 0 Å². The number of carbonyl (C=O) groups excluding carboxylic acids is 2. The van der Waals surface area contributed by atoms with Crippen molar-refractivity contribution in [3.63, 3.8) is 0 Å². The molecule has 0 aliphatic carbocycles. The molecule has 0 bridgehead atoms. The predicted octanol–water partition coefficient (Wildman–Crippen LogP) is -1.45. The van der Waals surface area contributed by atoms with Gasteiger partial charge >= 0.3 is 0 Å². The number of hydrogen-bond donors (Lipinski definition) is 4. The van der Waals surface area contributed by atoms with Crippen LogP contribution in [0.25, 0.3) is 0 Å². The van der Waals surface area contributed by atoms with Gasteiger partial charge in [-0.2, -0.15) is 0 Å². The van der Waals surface area contributed by atoms with E-state index in [4.69, 9.17) is 26.2 Å². The zero-order chi connectivity index (χ0) is 14.8. The van der Waals surface area contributed by atoms with E-state index in [9.17, 15) is 9.59 Å². The normalized spacial score (nSPS) is 8.89. The van der Waals surface area contributed by atoms with Gasteiger partial charge in [0.05, 0.1) is 17.7 Å². The summed E-state index contributed by atoms with van der Waals surface area (Å²) < 4.78 is 0. The van der Waals surface area contributed by atoms with Gasteiger partial charge in [-0.1, -0.05) is 0 Å². The van der Waals surface area contributed by atoms with E-state index < -0.39 is 16.9 Å². The van der Waals surface area contributed by atoms with Crippen LogP contribution in [0.1, 0.15) is 20.7 Å². The van der Waals surface area contributed by atoms with Gasteiger partial charge in [-0.3, -0.25) is 14.6 Å². The average Bonchev–Trinajstić information content (AvgIpc) is 2.35. The Kier molecular flexibility index (Phi) is 7.15. The van der Waals surface area contributed by atoms with Crippen molar-refractivity contribution in [2.75, 3.05) is 13.2 Å². The first-order valence-corrected chi connectivity index (χ1v) is 4.85. The van der Waals surface area contributed by atoms with Crippen molar-refractivity contribution in [2.45, 2.75) is 0 Å². The summed E-state index contributed by atoms with van der Waals surface area (Å²) in [5.74, 6) is -1.04. The Morgan fingerprint density at radius 2 is 1.95 bits per heavy atom. The molecule has 0 aliphatic heterocycles. The second-order valence-electron chi connectivity index (χ2n) is 3.04. The van der Waals surface area contributed by atoms with Crippen LogP contribution in [0, 0.1) is 10.1 Å². The molecule has 2 amide bonds. The van der Waals surface area contributed by atoms with E-state index in [1.54, 1.807) is 0 Å². The van der Waals surface area contributed by atoms with Gasteiger partial charge in [-0.05, 0) is 6.07 Å². The molecule has 1 rings (SSSR count). The van der Waals surface area contributed by atoms with Gasteiger partial charge < -0.3 is 21.4 Å². The highest BCUT2D eigenvalue weighted by atomic mass is 16.9. The highest BCUT2D eigenvalue weighted by Gasteiger charge is 2.08. The first kappa shape index (κ1) is 16.2. The lowest BCUT2D eigenvalue weighted by Crippen LogP contribution is -2.26. The van der Waals surface area contributed by atoms with Crippen LogP contribution in [0.2, 0.25) is 0 Å². The predicted molar refractivity (Wildman–Crippen MR) is 61.0 cm³/mol. The number of aliphatic hydroxyl groups excluding tert-OH is 1. The molecule has 1 heterocycles. The van der Waals surface area contributed by atoms with Gasteiger partial charge in [0, 0.05) is 18.9 Å². The molecule has 1 aromatic heterocycles. The maximum absolute atomic E-state index is 11.4. The van der Waals surface area contributed by atoms with Crippen molar-refractivity contribution in [1.29, 1.82) is 0 Å². The maximum atomic E-state index is 11.4. The topological polar surface area (TPSA) is 169 Å². The molecular formula is C9H12N4O6. The number of nitrogens with two attached hydrogens (primary N) is 1. The molecule has 0 saturated heterocycles. The monoisotopic (exact) mass is 272 g/mol. The molecule has 0 saturated carbocycles. The third kappa shape index (κ3) is 7.23. The zero-order valence-corrected chi connectivity index (χ0v) is 9.65. The summed E-state index contributed by atoms with van der Waals surface area (Å²) >= 11 is 0. The highest BCUT2D eigenvalue weighted by Crippen LogP contribution is 2.01. The summed E-state index contributed by atoms with van der Waals surface area (Å²) in [7, 11) is 0. The number of aromatic nitrogens is 1. The number of amides is 2. The van der Waals surface area contributed by atoms with Gasteiger partial charge in [-0.25, -0.2) is 0 Å². The lowest BCUT2D eigenvalue weighted by molar-refractivity contribution is -0.742. The molecule has 0 aromatic carbocycles. The highest BCUT2D eigenvalue weighted by molar-refractivity contribution is 5.98. The molecule has 0 unspecified atom stereocenters. The van der Waals surface area contributed by atoms with Crippen LogP contribution >= 0.6 is 0 Å². The fourth-order valence-corrected chi connectivity index (χ4v) is 0.970. The summed E-state index contributed by atoms with van der Waals surface area (Å²) in [6.07, 6.45) is 2.60. The molecule has 1 aromatic rings. The molecule has 0 atom stereocenters. The Hall–Kier alpha value is -2.75. The molecule has 5 N–H and O–H groups in total. The first-order chi connectivity index (χ1) is 8.88. The molecule has 10 heteroatoms. The van der Waals surface area contributed by atoms with Crippen LogP contribution in [0.15, 0.2) is 18.5 Å². The van der Waals surface area contributed by atoms with Crippen molar-refractivity contribution in [3.8, 4) is 0 Å². The van der Waals surface area contributed by atoms with E-state index in [1.807, 2.05) is 0 Å². The summed E-state index contributed by atoms with van der Waals surface area (Å²) in [6, 6.07) is 1.35. The van der Waals surface area contributed by atoms with Crippen molar-refractivity contribution in [3.05, 3.63) is 39.7 Å². The van der Waals surface area contributed by atoms with Crippen LogP contribution in [-0.2, 0) is 0 Å². The lowest BCUT2D eigenvalue weighted by Gasteiger charge is -2.03. The van der Waals surface area contributed by atoms with E-state index in [2.05, 4.69) is 10.3 Å². The molecule has 0 radical (unpaired) electrons. The van der Waals surface area contributed by atoms with Gasteiger partial charge in [-0.15, -0.1) is 10.1 Å². The van der Waals surface area contributed by atoms with Crippen LogP contribution < -0.4 is 11.1 Å².